The van der Waals surface area contributed by atoms with Crippen LogP contribution in [0.4, 0.5) is 0 Å². The Morgan fingerprint density at radius 1 is 0.600 bits per heavy atom. The van der Waals surface area contributed by atoms with Gasteiger partial charge in [-0.15, -0.1) is 0 Å². The second-order valence-electron chi connectivity index (χ2n) is 3.16. The van der Waals surface area contributed by atoms with Gasteiger partial charge < -0.3 is 0 Å². The molecule has 0 aliphatic rings. The monoisotopic (exact) mass is 315 g/mol. The predicted octanol–water partition coefficient (Wildman–Crippen LogP) is 0.728. The quantitative estimate of drug-likeness (QED) is 0.717. The number of ketones is 4. The van der Waals surface area contributed by atoms with E-state index >= 15 is 0 Å². The molecular weight excluding hydrogens is 299 g/mol. The minimum absolute atomic E-state index is 0. The summed E-state index contributed by atoms with van der Waals surface area (Å²) >= 11 is 0. The van der Waals surface area contributed by atoms with E-state index in [0.717, 1.165) is 0 Å². The topological polar surface area (TPSA) is 68.3 Å². The van der Waals surface area contributed by atoms with E-state index in [2.05, 4.69) is 0 Å². The molecule has 0 heterocycles. The van der Waals surface area contributed by atoms with Crippen molar-refractivity contribution in [2.75, 3.05) is 0 Å². The van der Waals surface area contributed by atoms with Gasteiger partial charge in [0.25, 0.3) is 0 Å². The van der Waals surface area contributed by atoms with Crippen molar-refractivity contribution in [3.8, 4) is 0 Å². The second-order valence-corrected chi connectivity index (χ2v) is 3.16. The van der Waals surface area contributed by atoms with Crippen LogP contribution in [0.5, 0.6) is 0 Å². The molecule has 0 aromatic heterocycles. The molecule has 0 fully saturated rings. The first-order valence-corrected chi connectivity index (χ1v) is 4.23. The minimum Gasteiger partial charge on any atom is -0.300 e. The molecule has 0 aromatic rings. The van der Waals surface area contributed by atoms with Crippen molar-refractivity contribution in [1.29, 1.82) is 0 Å². The summed E-state index contributed by atoms with van der Waals surface area (Å²) in [5, 5.41) is 0. The Labute approximate surface area is 109 Å². The summed E-state index contributed by atoms with van der Waals surface area (Å²) in [6, 6.07) is 0. The smallest absolute Gasteiger partial charge is 0.137 e. The molecule has 0 saturated heterocycles. The van der Waals surface area contributed by atoms with Crippen LogP contribution in [-0.4, -0.2) is 49.0 Å². The van der Waals surface area contributed by atoms with Gasteiger partial charge in [0.05, 0.1) is 12.8 Å². The number of hydrogen-bond acceptors (Lipinski definition) is 4. The Bertz CT molecular complexity index is 196. The van der Waals surface area contributed by atoms with Crippen LogP contribution in [-0.2, 0) is 19.2 Å². The maximum absolute atomic E-state index is 10.0. The van der Waals surface area contributed by atoms with Crippen molar-refractivity contribution in [3.05, 3.63) is 0 Å². The molecule has 0 spiro atoms. The van der Waals surface area contributed by atoms with Gasteiger partial charge in [-0.25, -0.2) is 0 Å². The summed E-state index contributed by atoms with van der Waals surface area (Å²) in [7, 11) is 0. The second kappa shape index (κ2) is 11.6. The third-order valence-electron chi connectivity index (χ3n) is 0.996. The van der Waals surface area contributed by atoms with Gasteiger partial charge in [0.15, 0.2) is 0 Å². The first kappa shape index (κ1) is 20.0. The molecule has 83 valence electrons. The average Bonchev–Trinajstić information content (AvgIpc) is 1.79. The van der Waals surface area contributed by atoms with Gasteiger partial charge in [-0.1, -0.05) is 0 Å². The van der Waals surface area contributed by atoms with E-state index in [-0.39, 0.29) is 61.8 Å². The average molecular weight is 315 g/mol. The number of rotatable bonds is 4. The number of carbonyl (C=O) groups excluding carboxylic acids is 4. The van der Waals surface area contributed by atoms with Crippen molar-refractivity contribution in [1.82, 2.24) is 0 Å². The largest absolute Gasteiger partial charge is 0.300 e. The van der Waals surface area contributed by atoms with Crippen LogP contribution < -0.4 is 0 Å². The zero-order valence-electron chi connectivity index (χ0n) is 9.62. The van der Waals surface area contributed by atoms with Crippen LogP contribution in [0, 0.1) is 0 Å². The summed E-state index contributed by atoms with van der Waals surface area (Å²) < 4.78 is 0. The molecule has 0 saturated carbocycles. The molecule has 0 rings (SSSR count). The standard InChI is InChI=1S/2C5H8O2.In/c2*1-4(6)3-5(2)7;/h2*3H2,1-2H3;. The Morgan fingerprint density at radius 2 is 0.733 bits per heavy atom. The molecule has 3 radical (unpaired) electrons. The normalized spacial score (nSPS) is 7.73. The van der Waals surface area contributed by atoms with Gasteiger partial charge in [0.1, 0.15) is 23.1 Å². The van der Waals surface area contributed by atoms with Crippen LogP contribution in [0.15, 0.2) is 0 Å². The SMILES string of the molecule is CC(=O)CC(C)=O.CC(=O)CC(C)=O.[In]. The number of Topliss-reactive ketones (excluding diaryl/α,β-unsaturated/α-hetero) is 4. The Hall–Kier alpha value is -0.450. The summed E-state index contributed by atoms with van der Waals surface area (Å²) in [5.74, 6) is -0.250. The van der Waals surface area contributed by atoms with Crippen molar-refractivity contribution >= 4 is 49.0 Å². The molecular formula is C10H16InO4. The fourth-order valence-corrected chi connectivity index (χ4v) is 0.701. The molecule has 4 nitrogen and oxygen atoms in total. The van der Waals surface area contributed by atoms with E-state index in [1.54, 1.807) is 0 Å². The maximum atomic E-state index is 10.0. The molecule has 5 heteroatoms. The molecule has 0 bridgehead atoms. The molecule has 15 heavy (non-hydrogen) atoms. The molecule has 0 atom stereocenters. The first-order chi connectivity index (χ1) is 6.25. The van der Waals surface area contributed by atoms with Crippen molar-refractivity contribution < 1.29 is 19.2 Å². The fraction of sp³-hybridized carbons (Fsp3) is 0.600. The molecule has 0 amide bonds. The van der Waals surface area contributed by atoms with Crippen LogP contribution in [0.25, 0.3) is 0 Å². The van der Waals surface area contributed by atoms with E-state index in [9.17, 15) is 19.2 Å². The van der Waals surface area contributed by atoms with E-state index in [1.807, 2.05) is 0 Å². The minimum atomic E-state index is -0.0625. The molecule has 0 aromatic carbocycles. The number of carbonyl (C=O) groups is 4. The van der Waals surface area contributed by atoms with Gasteiger partial charge in [0.2, 0.25) is 0 Å². The first-order valence-electron chi connectivity index (χ1n) is 4.23. The van der Waals surface area contributed by atoms with Gasteiger partial charge in [-0.3, -0.25) is 19.2 Å². The van der Waals surface area contributed by atoms with Crippen LogP contribution in [0.1, 0.15) is 40.5 Å². The zero-order chi connectivity index (χ0) is 11.7. The molecule has 0 unspecified atom stereocenters. The number of hydrogen-bond donors (Lipinski definition) is 0. The van der Waals surface area contributed by atoms with Crippen molar-refractivity contribution in [3.63, 3.8) is 0 Å². The predicted molar refractivity (Wildman–Crippen MR) is 57.7 cm³/mol. The van der Waals surface area contributed by atoms with Gasteiger partial charge in [-0.2, -0.15) is 0 Å². The zero-order valence-corrected chi connectivity index (χ0v) is 12.9. The Balaban J connectivity index is -0.000000180. The molecule has 0 aliphatic heterocycles. The molecule has 0 aliphatic carbocycles. The Morgan fingerprint density at radius 3 is 0.733 bits per heavy atom. The Kier molecular flexibility index (Phi) is 15.5. The van der Waals surface area contributed by atoms with E-state index in [4.69, 9.17) is 0 Å². The maximum Gasteiger partial charge on any atom is 0.137 e. The van der Waals surface area contributed by atoms with Gasteiger partial charge >= 0.3 is 0 Å². The summed E-state index contributed by atoms with van der Waals surface area (Å²) in [6.07, 6.45) is 0.167. The van der Waals surface area contributed by atoms with Crippen LogP contribution in [0.3, 0.4) is 0 Å². The van der Waals surface area contributed by atoms with E-state index in [0.29, 0.717) is 0 Å². The fourth-order valence-electron chi connectivity index (χ4n) is 0.701. The van der Waals surface area contributed by atoms with Crippen molar-refractivity contribution in [2.45, 2.75) is 40.5 Å². The van der Waals surface area contributed by atoms with Crippen LogP contribution in [0.2, 0.25) is 0 Å². The summed E-state index contributed by atoms with van der Waals surface area (Å²) in [6.45, 7) is 5.62. The van der Waals surface area contributed by atoms with Crippen LogP contribution >= 0.6 is 0 Å². The summed E-state index contributed by atoms with van der Waals surface area (Å²) in [5.41, 5.74) is 0. The third-order valence-corrected chi connectivity index (χ3v) is 0.996. The van der Waals surface area contributed by atoms with E-state index < -0.39 is 0 Å². The van der Waals surface area contributed by atoms with Gasteiger partial charge in [0, 0.05) is 25.8 Å². The van der Waals surface area contributed by atoms with E-state index in [1.165, 1.54) is 27.7 Å². The molecule has 0 N–H and O–H groups in total. The third kappa shape index (κ3) is 31.7. The summed E-state index contributed by atoms with van der Waals surface area (Å²) in [4.78, 5) is 40.1. The van der Waals surface area contributed by atoms with Gasteiger partial charge in [-0.05, 0) is 27.7 Å². The van der Waals surface area contributed by atoms with Crippen molar-refractivity contribution in [2.24, 2.45) is 0 Å².